The van der Waals surface area contributed by atoms with Gasteiger partial charge in [-0.15, -0.1) is 0 Å². The summed E-state index contributed by atoms with van der Waals surface area (Å²) in [6.45, 7) is 7.81. The molecule has 0 fully saturated rings. The fourth-order valence-electron chi connectivity index (χ4n) is 2.35. The molecule has 2 aromatic carbocycles. The normalized spacial score (nSPS) is 12.1. The first-order valence-corrected chi connectivity index (χ1v) is 9.83. The molecular weight excluding hydrogens is 393 g/mol. The van der Waals surface area contributed by atoms with Gasteiger partial charge in [0.15, 0.2) is 11.5 Å². The van der Waals surface area contributed by atoms with Crippen LogP contribution in [0.25, 0.3) is 0 Å². The second-order valence-electron chi connectivity index (χ2n) is 6.07. The number of hydrogen-bond donors (Lipinski definition) is 1. The van der Waals surface area contributed by atoms with Crippen molar-refractivity contribution in [2.24, 2.45) is 0 Å². The number of nitrogens with one attached hydrogen (secondary N) is 1. The van der Waals surface area contributed by atoms with Crippen LogP contribution in [-0.2, 0) is 13.2 Å². The molecule has 142 valence electrons. The standard InChI is InChI=1S/C20H24Cl3NO2/c1-4-13(3)24-11-15-9-18(23)20(19(10-15)25-5-2)26-12-14-6-7-16(21)17(22)8-14/h6-10,13,24H,4-5,11-12H2,1-3H3. The summed E-state index contributed by atoms with van der Waals surface area (Å²) in [5.74, 6) is 1.17. The first-order chi connectivity index (χ1) is 12.4. The first kappa shape index (κ1) is 21.2. The van der Waals surface area contributed by atoms with Crippen LogP contribution in [0, 0.1) is 0 Å². The van der Waals surface area contributed by atoms with Crippen molar-refractivity contribution >= 4 is 34.8 Å². The van der Waals surface area contributed by atoms with Crippen LogP contribution in [0.15, 0.2) is 30.3 Å². The van der Waals surface area contributed by atoms with E-state index in [2.05, 4.69) is 19.2 Å². The molecule has 0 aliphatic heterocycles. The molecule has 0 aliphatic rings. The Labute approximate surface area is 170 Å². The van der Waals surface area contributed by atoms with E-state index in [0.717, 1.165) is 24.1 Å². The summed E-state index contributed by atoms with van der Waals surface area (Å²) < 4.78 is 11.7. The molecule has 0 spiro atoms. The fourth-order valence-corrected chi connectivity index (χ4v) is 2.96. The molecule has 0 aromatic heterocycles. The van der Waals surface area contributed by atoms with E-state index in [0.29, 0.717) is 45.8 Å². The van der Waals surface area contributed by atoms with Gasteiger partial charge in [0.25, 0.3) is 0 Å². The van der Waals surface area contributed by atoms with Crippen molar-refractivity contribution in [1.29, 1.82) is 0 Å². The summed E-state index contributed by atoms with van der Waals surface area (Å²) in [6.07, 6.45) is 1.07. The minimum absolute atomic E-state index is 0.321. The molecular formula is C20H24Cl3NO2. The van der Waals surface area contributed by atoms with Gasteiger partial charge in [0.1, 0.15) is 6.61 Å². The fraction of sp³-hybridized carbons (Fsp3) is 0.400. The monoisotopic (exact) mass is 415 g/mol. The summed E-state index contributed by atoms with van der Waals surface area (Å²) in [7, 11) is 0. The van der Waals surface area contributed by atoms with Crippen molar-refractivity contribution in [3.63, 3.8) is 0 Å². The van der Waals surface area contributed by atoms with Crippen molar-refractivity contribution < 1.29 is 9.47 Å². The van der Waals surface area contributed by atoms with E-state index in [1.807, 2.05) is 25.1 Å². The number of hydrogen-bond acceptors (Lipinski definition) is 3. The largest absolute Gasteiger partial charge is 0.490 e. The van der Waals surface area contributed by atoms with Crippen LogP contribution in [-0.4, -0.2) is 12.6 Å². The topological polar surface area (TPSA) is 30.5 Å². The van der Waals surface area contributed by atoms with Crippen LogP contribution in [0.5, 0.6) is 11.5 Å². The van der Waals surface area contributed by atoms with Gasteiger partial charge < -0.3 is 14.8 Å². The Morgan fingerprint density at radius 2 is 1.65 bits per heavy atom. The Bertz CT molecular complexity index is 737. The SMILES string of the molecule is CCOc1cc(CNC(C)CC)cc(Cl)c1OCc1ccc(Cl)c(Cl)c1. The van der Waals surface area contributed by atoms with E-state index in [1.165, 1.54) is 0 Å². The number of ether oxygens (including phenoxy) is 2. The van der Waals surface area contributed by atoms with Crippen LogP contribution in [0.1, 0.15) is 38.3 Å². The number of halogens is 3. The third kappa shape index (κ3) is 5.95. The third-order valence-electron chi connectivity index (χ3n) is 4.00. The van der Waals surface area contributed by atoms with Gasteiger partial charge in [-0.2, -0.15) is 0 Å². The summed E-state index contributed by atoms with van der Waals surface area (Å²) in [5, 5.41) is 4.99. The zero-order valence-electron chi connectivity index (χ0n) is 15.2. The molecule has 0 heterocycles. The first-order valence-electron chi connectivity index (χ1n) is 8.69. The average Bonchev–Trinajstić information content (AvgIpc) is 2.62. The second-order valence-corrected chi connectivity index (χ2v) is 7.29. The Hall–Kier alpha value is -1.13. The second kappa shape index (κ2) is 10.3. The van der Waals surface area contributed by atoms with Gasteiger partial charge in [0, 0.05) is 12.6 Å². The van der Waals surface area contributed by atoms with Crippen molar-refractivity contribution in [2.75, 3.05) is 6.61 Å². The smallest absolute Gasteiger partial charge is 0.180 e. The Balaban J connectivity index is 2.16. The quantitative estimate of drug-likeness (QED) is 0.505. The highest BCUT2D eigenvalue weighted by Crippen LogP contribution is 2.37. The molecule has 0 saturated heterocycles. The van der Waals surface area contributed by atoms with Gasteiger partial charge in [-0.05, 0) is 55.7 Å². The van der Waals surface area contributed by atoms with Crippen molar-refractivity contribution in [2.45, 2.75) is 46.4 Å². The molecule has 0 amide bonds. The summed E-state index contributed by atoms with van der Waals surface area (Å²) in [4.78, 5) is 0. The van der Waals surface area contributed by atoms with Gasteiger partial charge in [0.2, 0.25) is 0 Å². The molecule has 0 bridgehead atoms. The maximum atomic E-state index is 6.46. The van der Waals surface area contributed by atoms with E-state index in [9.17, 15) is 0 Å². The lowest BCUT2D eigenvalue weighted by Gasteiger charge is -2.17. The number of rotatable bonds is 9. The van der Waals surface area contributed by atoms with E-state index < -0.39 is 0 Å². The van der Waals surface area contributed by atoms with Crippen LogP contribution < -0.4 is 14.8 Å². The molecule has 0 aliphatic carbocycles. The van der Waals surface area contributed by atoms with E-state index in [4.69, 9.17) is 44.3 Å². The minimum atomic E-state index is 0.321. The molecule has 1 N–H and O–H groups in total. The average molecular weight is 417 g/mol. The summed E-state index contributed by atoms with van der Waals surface area (Å²) in [5.41, 5.74) is 1.96. The lowest BCUT2D eigenvalue weighted by atomic mass is 10.1. The minimum Gasteiger partial charge on any atom is -0.490 e. The van der Waals surface area contributed by atoms with Crippen LogP contribution in [0.4, 0.5) is 0 Å². The Kier molecular flexibility index (Phi) is 8.36. The van der Waals surface area contributed by atoms with Crippen LogP contribution >= 0.6 is 34.8 Å². The van der Waals surface area contributed by atoms with Crippen LogP contribution in [0.2, 0.25) is 15.1 Å². The van der Waals surface area contributed by atoms with E-state index in [-0.39, 0.29) is 0 Å². The predicted octanol–water partition coefficient (Wildman–Crippen LogP) is 6.51. The van der Waals surface area contributed by atoms with Crippen molar-refractivity contribution in [3.8, 4) is 11.5 Å². The molecule has 26 heavy (non-hydrogen) atoms. The van der Waals surface area contributed by atoms with Crippen molar-refractivity contribution in [3.05, 3.63) is 56.5 Å². The molecule has 0 radical (unpaired) electrons. The third-order valence-corrected chi connectivity index (χ3v) is 5.02. The van der Waals surface area contributed by atoms with E-state index >= 15 is 0 Å². The molecule has 1 unspecified atom stereocenters. The molecule has 6 heteroatoms. The highest BCUT2D eigenvalue weighted by Gasteiger charge is 2.14. The summed E-state index contributed by atoms with van der Waals surface area (Å²) in [6, 6.07) is 9.71. The molecule has 3 nitrogen and oxygen atoms in total. The van der Waals surface area contributed by atoms with Crippen molar-refractivity contribution in [1.82, 2.24) is 5.32 Å². The zero-order chi connectivity index (χ0) is 19.1. The number of benzene rings is 2. The maximum Gasteiger partial charge on any atom is 0.180 e. The highest BCUT2D eigenvalue weighted by atomic mass is 35.5. The molecule has 2 aromatic rings. The molecule has 0 saturated carbocycles. The van der Waals surface area contributed by atoms with Gasteiger partial charge in [0.05, 0.1) is 21.7 Å². The predicted molar refractivity (Wildman–Crippen MR) is 110 cm³/mol. The lowest BCUT2D eigenvalue weighted by Crippen LogP contribution is -2.24. The Morgan fingerprint density at radius 1 is 0.923 bits per heavy atom. The highest BCUT2D eigenvalue weighted by molar-refractivity contribution is 6.42. The lowest BCUT2D eigenvalue weighted by molar-refractivity contribution is 0.269. The molecule has 1 atom stereocenters. The van der Waals surface area contributed by atoms with E-state index in [1.54, 1.807) is 12.1 Å². The van der Waals surface area contributed by atoms with Gasteiger partial charge in [-0.3, -0.25) is 0 Å². The van der Waals surface area contributed by atoms with Gasteiger partial charge in [-0.1, -0.05) is 47.8 Å². The van der Waals surface area contributed by atoms with Crippen LogP contribution in [0.3, 0.4) is 0 Å². The zero-order valence-corrected chi connectivity index (χ0v) is 17.5. The maximum absolute atomic E-state index is 6.46. The van der Waals surface area contributed by atoms with Gasteiger partial charge in [-0.25, -0.2) is 0 Å². The molecule has 2 rings (SSSR count). The summed E-state index contributed by atoms with van der Waals surface area (Å²) >= 11 is 18.5. The Morgan fingerprint density at radius 3 is 2.31 bits per heavy atom. The van der Waals surface area contributed by atoms with Gasteiger partial charge >= 0.3 is 0 Å².